The average Bonchev–Trinajstić information content (AvgIpc) is 3.19. The molecule has 152 valence electrons. The van der Waals surface area contributed by atoms with E-state index in [1.807, 2.05) is 24.3 Å². The predicted octanol–water partition coefficient (Wildman–Crippen LogP) is 2.93. The fourth-order valence-corrected chi connectivity index (χ4v) is 5.02. The van der Waals surface area contributed by atoms with Crippen LogP contribution in [0.3, 0.4) is 0 Å². The molecule has 2 aliphatic rings. The van der Waals surface area contributed by atoms with Crippen molar-refractivity contribution < 1.29 is 4.79 Å². The Kier molecular flexibility index (Phi) is 5.67. The summed E-state index contributed by atoms with van der Waals surface area (Å²) in [4.78, 5) is 15.6. The van der Waals surface area contributed by atoms with Crippen LogP contribution < -0.4 is 5.32 Å². The Hall–Kier alpha value is -2.29. The van der Waals surface area contributed by atoms with Crippen molar-refractivity contribution in [2.75, 3.05) is 13.1 Å². The number of piperidine rings is 1. The first-order valence-electron chi connectivity index (χ1n) is 9.61. The number of nitrogens with one attached hydrogen (secondary N) is 1. The molecule has 1 aromatic carbocycles. The normalized spacial score (nSPS) is 19.5. The molecule has 1 aliphatic carbocycles. The van der Waals surface area contributed by atoms with E-state index in [9.17, 15) is 4.79 Å². The molecule has 0 bridgehead atoms. The number of carbonyl (C=O) groups is 1. The Morgan fingerprint density at radius 1 is 1.31 bits per heavy atom. The van der Waals surface area contributed by atoms with Crippen LogP contribution >= 0.6 is 23.7 Å². The summed E-state index contributed by atoms with van der Waals surface area (Å²) in [5.74, 6) is 0.0848. The number of aromatic nitrogens is 4. The Bertz CT molecular complexity index is 955. The number of benzene rings is 1. The fraction of sp³-hybridized carbons (Fsp3) is 0.400. The number of nitrogens with zero attached hydrogens (tertiary/aromatic N) is 5. The third-order valence-corrected chi connectivity index (χ3v) is 6.75. The van der Waals surface area contributed by atoms with Gasteiger partial charge < -0.3 is 10.2 Å². The van der Waals surface area contributed by atoms with Crippen LogP contribution in [0.1, 0.15) is 35.2 Å². The van der Waals surface area contributed by atoms with E-state index in [-0.39, 0.29) is 18.3 Å². The van der Waals surface area contributed by atoms with Crippen molar-refractivity contribution in [1.82, 2.24) is 30.4 Å². The van der Waals surface area contributed by atoms with Gasteiger partial charge >= 0.3 is 0 Å². The van der Waals surface area contributed by atoms with E-state index >= 15 is 0 Å². The lowest BCUT2D eigenvalue weighted by molar-refractivity contribution is 0.0692. The Labute approximate surface area is 179 Å². The zero-order valence-corrected chi connectivity index (χ0v) is 17.5. The van der Waals surface area contributed by atoms with Crippen LogP contribution in [0.25, 0.3) is 5.69 Å². The molecule has 5 rings (SSSR count). The molecule has 9 heteroatoms. The summed E-state index contributed by atoms with van der Waals surface area (Å²) in [6.45, 7) is 2.76. The van der Waals surface area contributed by atoms with Gasteiger partial charge in [-0.05, 0) is 88.8 Å². The van der Waals surface area contributed by atoms with Crippen molar-refractivity contribution in [3.63, 3.8) is 0 Å². The summed E-state index contributed by atoms with van der Waals surface area (Å²) in [5.41, 5.74) is 2.97. The minimum atomic E-state index is 0. The lowest BCUT2D eigenvalue weighted by Gasteiger charge is -2.29. The van der Waals surface area contributed by atoms with Gasteiger partial charge in [-0.15, -0.1) is 17.5 Å². The first kappa shape index (κ1) is 20.0. The van der Waals surface area contributed by atoms with E-state index in [1.165, 1.54) is 11.9 Å². The van der Waals surface area contributed by atoms with Crippen molar-refractivity contribution in [3.8, 4) is 5.69 Å². The Balaban J connectivity index is 0.00000205. The van der Waals surface area contributed by atoms with E-state index in [0.717, 1.165) is 38.0 Å². The smallest absolute Gasteiger partial charge is 0.254 e. The lowest BCUT2D eigenvalue weighted by Crippen LogP contribution is -2.39. The molecule has 0 radical (unpaired) electrons. The van der Waals surface area contributed by atoms with Crippen LogP contribution in [0.4, 0.5) is 0 Å². The number of amides is 1. The number of thiophene rings is 1. The van der Waals surface area contributed by atoms with Gasteiger partial charge in [0.05, 0.1) is 5.69 Å². The highest BCUT2D eigenvalue weighted by Crippen LogP contribution is 2.56. The molecule has 1 N–H and O–H groups in total. The molecule has 1 unspecified atom stereocenters. The molecular formula is C20H23ClN6OS. The zero-order chi connectivity index (χ0) is 19.0. The quantitative estimate of drug-likeness (QED) is 0.673. The highest BCUT2D eigenvalue weighted by molar-refractivity contribution is 7.07. The van der Waals surface area contributed by atoms with Gasteiger partial charge in [-0.2, -0.15) is 11.3 Å². The number of carbonyl (C=O) groups excluding carboxylic acids is 1. The molecule has 1 amide bonds. The van der Waals surface area contributed by atoms with Crippen LogP contribution in [0.2, 0.25) is 0 Å². The third-order valence-electron chi connectivity index (χ3n) is 6.02. The van der Waals surface area contributed by atoms with Gasteiger partial charge in [0, 0.05) is 18.2 Å². The van der Waals surface area contributed by atoms with E-state index in [4.69, 9.17) is 0 Å². The number of hydrogen-bond acceptors (Lipinski definition) is 6. The number of tetrazole rings is 1. The predicted molar refractivity (Wildman–Crippen MR) is 114 cm³/mol. The van der Waals surface area contributed by atoms with Crippen LogP contribution in [-0.2, 0) is 6.54 Å². The fourth-order valence-electron chi connectivity index (χ4n) is 4.36. The summed E-state index contributed by atoms with van der Waals surface area (Å²) in [6, 6.07) is 9.98. The van der Waals surface area contributed by atoms with E-state index in [2.05, 4.69) is 42.6 Å². The summed E-state index contributed by atoms with van der Waals surface area (Å²) in [7, 11) is 0. The zero-order valence-electron chi connectivity index (χ0n) is 15.9. The van der Waals surface area contributed by atoms with Gasteiger partial charge in [-0.1, -0.05) is 6.07 Å². The second-order valence-electron chi connectivity index (χ2n) is 7.70. The van der Waals surface area contributed by atoms with E-state index in [0.29, 0.717) is 23.6 Å². The van der Waals surface area contributed by atoms with Crippen molar-refractivity contribution in [2.24, 2.45) is 5.41 Å². The van der Waals surface area contributed by atoms with Gasteiger partial charge in [0.1, 0.15) is 6.33 Å². The molecule has 1 aliphatic heterocycles. The van der Waals surface area contributed by atoms with Crippen LogP contribution in [-0.4, -0.2) is 50.1 Å². The van der Waals surface area contributed by atoms with Crippen molar-refractivity contribution in [2.45, 2.75) is 31.8 Å². The second kappa shape index (κ2) is 8.22. The third kappa shape index (κ3) is 3.92. The molecule has 1 saturated heterocycles. The van der Waals surface area contributed by atoms with Crippen molar-refractivity contribution in [3.05, 3.63) is 58.5 Å². The lowest BCUT2D eigenvalue weighted by atomic mass is 9.93. The molecule has 29 heavy (non-hydrogen) atoms. The molecule has 1 spiro atoms. The Morgan fingerprint density at radius 2 is 2.17 bits per heavy atom. The molecule has 1 saturated carbocycles. The SMILES string of the molecule is Cl.O=C(c1cccc(-n2cnnn2)c1)N(Cc1ccsc1)C1CC12CCNCC2. The minimum Gasteiger partial charge on any atom is -0.331 e. The van der Waals surface area contributed by atoms with Gasteiger partial charge in [0.15, 0.2) is 0 Å². The second-order valence-corrected chi connectivity index (χ2v) is 8.48. The topological polar surface area (TPSA) is 75.9 Å². The molecule has 1 atom stereocenters. The highest BCUT2D eigenvalue weighted by atomic mass is 35.5. The van der Waals surface area contributed by atoms with E-state index < -0.39 is 0 Å². The Morgan fingerprint density at radius 3 is 2.90 bits per heavy atom. The molecule has 2 aromatic heterocycles. The van der Waals surface area contributed by atoms with Gasteiger partial charge in [0.25, 0.3) is 5.91 Å². The molecular weight excluding hydrogens is 408 g/mol. The van der Waals surface area contributed by atoms with Gasteiger partial charge in [0.2, 0.25) is 0 Å². The van der Waals surface area contributed by atoms with Crippen LogP contribution in [0.5, 0.6) is 0 Å². The van der Waals surface area contributed by atoms with E-state index in [1.54, 1.807) is 16.0 Å². The number of halogens is 1. The van der Waals surface area contributed by atoms with Gasteiger partial charge in [-0.25, -0.2) is 4.68 Å². The average molecular weight is 431 g/mol. The monoisotopic (exact) mass is 430 g/mol. The summed E-state index contributed by atoms with van der Waals surface area (Å²) >= 11 is 1.68. The van der Waals surface area contributed by atoms with Gasteiger partial charge in [-0.3, -0.25) is 4.79 Å². The molecule has 3 aromatic rings. The number of rotatable bonds is 5. The van der Waals surface area contributed by atoms with Crippen LogP contribution in [0, 0.1) is 5.41 Å². The summed E-state index contributed by atoms with van der Waals surface area (Å²) in [6.07, 6.45) is 4.94. The summed E-state index contributed by atoms with van der Waals surface area (Å²) in [5, 5.41) is 19.0. The first-order chi connectivity index (χ1) is 13.8. The minimum absolute atomic E-state index is 0. The molecule has 7 nitrogen and oxygen atoms in total. The maximum Gasteiger partial charge on any atom is 0.254 e. The van der Waals surface area contributed by atoms with Crippen molar-refractivity contribution >= 4 is 29.7 Å². The maximum absolute atomic E-state index is 13.6. The standard InChI is InChI=1S/C20H22N6OS.ClH/c27-19(16-2-1-3-17(10-16)26-14-22-23-24-26)25(12-15-4-9-28-13-15)18-11-20(18)5-7-21-8-6-20;/h1-4,9-10,13-14,18,21H,5-8,11-12H2;1H. The maximum atomic E-state index is 13.6. The molecule has 2 fully saturated rings. The number of hydrogen-bond donors (Lipinski definition) is 1. The first-order valence-corrected chi connectivity index (χ1v) is 10.6. The summed E-state index contributed by atoms with van der Waals surface area (Å²) < 4.78 is 1.57. The van der Waals surface area contributed by atoms with Crippen molar-refractivity contribution in [1.29, 1.82) is 0 Å². The molecule has 3 heterocycles. The van der Waals surface area contributed by atoms with Crippen LogP contribution in [0.15, 0.2) is 47.4 Å². The highest BCUT2D eigenvalue weighted by Gasteiger charge is 2.57. The largest absolute Gasteiger partial charge is 0.331 e.